The van der Waals surface area contributed by atoms with Crippen LogP contribution < -0.4 is 4.90 Å². The molecule has 0 radical (unpaired) electrons. The number of allylic oxidation sites excluding steroid dienone is 2. The van der Waals surface area contributed by atoms with Gasteiger partial charge in [0.15, 0.2) is 0 Å². The van der Waals surface area contributed by atoms with E-state index >= 15 is 0 Å². The van der Waals surface area contributed by atoms with Crippen molar-refractivity contribution in [3.8, 4) is 33.4 Å². The van der Waals surface area contributed by atoms with Crippen molar-refractivity contribution in [1.29, 1.82) is 0 Å². The number of benzene rings is 6. The number of nitrogens with zero attached hydrogens (tertiary/aromatic N) is 1. The van der Waals surface area contributed by atoms with Gasteiger partial charge in [-0.1, -0.05) is 142 Å². The molecule has 0 heterocycles. The maximum Gasteiger partial charge on any atom is 0.0543 e. The summed E-state index contributed by atoms with van der Waals surface area (Å²) in [4.78, 5) is 2.55. The van der Waals surface area contributed by atoms with Crippen LogP contribution in [-0.2, 0) is 10.8 Å². The van der Waals surface area contributed by atoms with Crippen molar-refractivity contribution in [3.63, 3.8) is 0 Å². The van der Waals surface area contributed by atoms with Crippen LogP contribution in [-0.4, -0.2) is 0 Å². The van der Waals surface area contributed by atoms with Gasteiger partial charge in [-0.3, -0.25) is 0 Å². The van der Waals surface area contributed by atoms with Crippen LogP contribution in [0.5, 0.6) is 0 Å². The quantitative estimate of drug-likeness (QED) is 0.172. The van der Waals surface area contributed by atoms with Crippen LogP contribution in [0.15, 0.2) is 151 Å². The second-order valence-electron chi connectivity index (χ2n) is 15.8. The van der Waals surface area contributed by atoms with E-state index in [2.05, 4.69) is 171 Å². The molecule has 0 aliphatic heterocycles. The van der Waals surface area contributed by atoms with E-state index in [1.807, 2.05) is 0 Å². The summed E-state index contributed by atoms with van der Waals surface area (Å²) in [6.07, 6.45) is 7.70. The van der Waals surface area contributed by atoms with E-state index < -0.39 is 0 Å². The van der Waals surface area contributed by atoms with Gasteiger partial charge in [0.05, 0.1) is 5.69 Å². The molecule has 1 saturated carbocycles. The molecule has 0 aromatic heterocycles. The van der Waals surface area contributed by atoms with Crippen molar-refractivity contribution < 1.29 is 0 Å². The van der Waals surface area contributed by atoms with E-state index in [0.717, 1.165) is 5.92 Å². The predicted molar refractivity (Wildman–Crippen MR) is 210 cm³/mol. The highest BCUT2D eigenvalue weighted by Crippen LogP contribution is 2.63. The van der Waals surface area contributed by atoms with Gasteiger partial charge < -0.3 is 4.90 Å². The van der Waals surface area contributed by atoms with Gasteiger partial charge in [-0.15, -0.1) is 0 Å². The van der Waals surface area contributed by atoms with Crippen molar-refractivity contribution in [2.75, 3.05) is 4.90 Å². The number of fused-ring (bicyclic) bond motifs is 11. The van der Waals surface area contributed by atoms with Gasteiger partial charge in [-0.25, -0.2) is 0 Å². The number of hydrogen-bond acceptors (Lipinski definition) is 1. The highest BCUT2D eigenvalue weighted by atomic mass is 15.1. The lowest BCUT2D eigenvalue weighted by atomic mass is 9.58. The van der Waals surface area contributed by atoms with Crippen molar-refractivity contribution in [3.05, 3.63) is 173 Å². The molecule has 0 saturated heterocycles. The van der Waals surface area contributed by atoms with E-state index in [0.29, 0.717) is 5.92 Å². The molecular formula is C49H43N. The summed E-state index contributed by atoms with van der Waals surface area (Å²) in [6.45, 7) is 7.20. The molecule has 3 unspecified atom stereocenters. The maximum absolute atomic E-state index is 2.65. The molecule has 1 spiro atoms. The van der Waals surface area contributed by atoms with Gasteiger partial charge >= 0.3 is 0 Å². The van der Waals surface area contributed by atoms with Gasteiger partial charge in [0, 0.05) is 27.8 Å². The zero-order chi connectivity index (χ0) is 33.6. The topological polar surface area (TPSA) is 3.24 Å². The zero-order valence-electron chi connectivity index (χ0n) is 29.3. The third-order valence-corrected chi connectivity index (χ3v) is 12.6. The number of rotatable bonds is 4. The Morgan fingerprint density at radius 1 is 0.580 bits per heavy atom. The summed E-state index contributed by atoms with van der Waals surface area (Å²) >= 11 is 0. The van der Waals surface area contributed by atoms with Crippen LogP contribution in [0.2, 0.25) is 0 Å². The Labute approximate surface area is 297 Å². The second kappa shape index (κ2) is 10.9. The zero-order valence-corrected chi connectivity index (χ0v) is 29.3. The van der Waals surface area contributed by atoms with Gasteiger partial charge in [-0.05, 0) is 118 Å². The molecule has 1 nitrogen and oxygen atoms in total. The molecule has 1 heteroatoms. The van der Waals surface area contributed by atoms with E-state index in [1.54, 1.807) is 5.57 Å². The van der Waals surface area contributed by atoms with E-state index in [1.165, 1.54) is 98.4 Å². The standard InChI is InChI=1S/C49H43N/c1-32-28-33-26-27-49(36(29-32)30-33)43-17-10-8-15-41(43)47-44(49)18-11-19-46(47)50(37-22-20-35(21-23-37)34-12-5-4-6-13-34)38-24-25-40-39-14-7-9-16-42(39)48(2,3)45(40)31-38/h4-25,29,31-33H,26-28,30H2,1-3H3. The third-order valence-electron chi connectivity index (χ3n) is 12.6. The molecule has 50 heavy (non-hydrogen) atoms. The van der Waals surface area contributed by atoms with Crippen LogP contribution in [0, 0.1) is 11.8 Å². The summed E-state index contributed by atoms with van der Waals surface area (Å²) in [5.41, 5.74) is 19.0. The van der Waals surface area contributed by atoms with Crippen molar-refractivity contribution >= 4 is 17.1 Å². The average molecular weight is 646 g/mol. The fraction of sp³-hybridized carbons (Fsp3) is 0.224. The monoisotopic (exact) mass is 645 g/mol. The van der Waals surface area contributed by atoms with Gasteiger partial charge in [0.25, 0.3) is 0 Å². The van der Waals surface area contributed by atoms with Gasteiger partial charge in [0.2, 0.25) is 0 Å². The Morgan fingerprint density at radius 3 is 2.06 bits per heavy atom. The summed E-state index contributed by atoms with van der Waals surface area (Å²) in [7, 11) is 0. The fourth-order valence-electron chi connectivity index (χ4n) is 10.4. The van der Waals surface area contributed by atoms with E-state index in [-0.39, 0.29) is 10.8 Å². The van der Waals surface area contributed by atoms with Crippen LogP contribution >= 0.6 is 0 Å². The van der Waals surface area contributed by atoms with Crippen molar-refractivity contribution in [2.24, 2.45) is 11.8 Å². The number of anilines is 3. The third kappa shape index (κ3) is 4.19. The molecule has 10 rings (SSSR count). The Kier molecular flexibility index (Phi) is 6.50. The first-order chi connectivity index (χ1) is 24.4. The van der Waals surface area contributed by atoms with Crippen molar-refractivity contribution in [1.82, 2.24) is 0 Å². The first-order valence-electron chi connectivity index (χ1n) is 18.6. The molecule has 6 aromatic rings. The Hall–Kier alpha value is -5.14. The molecule has 244 valence electrons. The maximum atomic E-state index is 2.65. The largest absolute Gasteiger partial charge is 0.310 e. The molecule has 0 N–H and O–H groups in total. The first-order valence-corrected chi connectivity index (χ1v) is 18.6. The Bertz CT molecular complexity index is 2320. The van der Waals surface area contributed by atoms with Gasteiger partial charge in [0.1, 0.15) is 0 Å². The minimum absolute atomic E-state index is 0.0441. The van der Waals surface area contributed by atoms with E-state index in [9.17, 15) is 0 Å². The predicted octanol–water partition coefficient (Wildman–Crippen LogP) is 13.2. The van der Waals surface area contributed by atoms with Crippen LogP contribution in [0.1, 0.15) is 68.7 Å². The number of hydrogen-bond donors (Lipinski definition) is 0. The lowest BCUT2D eigenvalue weighted by molar-refractivity contribution is 0.284. The summed E-state index contributed by atoms with van der Waals surface area (Å²) < 4.78 is 0. The van der Waals surface area contributed by atoms with Crippen molar-refractivity contribution in [2.45, 2.75) is 57.3 Å². The lowest BCUT2D eigenvalue weighted by Gasteiger charge is -2.45. The van der Waals surface area contributed by atoms with Crippen LogP contribution in [0.25, 0.3) is 33.4 Å². The van der Waals surface area contributed by atoms with Crippen LogP contribution in [0.3, 0.4) is 0 Å². The molecule has 1 fully saturated rings. The second-order valence-corrected chi connectivity index (χ2v) is 15.8. The Morgan fingerprint density at radius 2 is 1.24 bits per heavy atom. The molecular weight excluding hydrogens is 603 g/mol. The molecule has 4 aliphatic carbocycles. The van der Waals surface area contributed by atoms with Gasteiger partial charge in [-0.2, -0.15) is 0 Å². The summed E-state index contributed by atoms with van der Waals surface area (Å²) in [5, 5.41) is 0. The summed E-state index contributed by atoms with van der Waals surface area (Å²) in [5.74, 6) is 1.45. The minimum Gasteiger partial charge on any atom is -0.310 e. The minimum atomic E-state index is -0.0805. The average Bonchev–Trinajstić information content (AvgIpc) is 3.57. The molecule has 4 aliphatic rings. The molecule has 2 bridgehead atoms. The normalized spacial score (nSPS) is 21.9. The fourth-order valence-corrected chi connectivity index (χ4v) is 10.4. The lowest BCUT2D eigenvalue weighted by Crippen LogP contribution is -2.36. The summed E-state index contributed by atoms with van der Waals surface area (Å²) in [6, 6.07) is 52.6. The molecule has 0 amide bonds. The highest BCUT2D eigenvalue weighted by molar-refractivity contribution is 5.97. The molecule has 6 aromatic carbocycles. The SMILES string of the molecule is CC1C=C2CC(CCC23c2ccccc2-c2c(N(c4ccc(-c5ccccc5)cc4)c4ccc5c(c4)C(C)(C)c4ccccc4-5)cccc23)C1. The smallest absolute Gasteiger partial charge is 0.0543 e. The highest BCUT2D eigenvalue weighted by Gasteiger charge is 2.50. The van der Waals surface area contributed by atoms with E-state index in [4.69, 9.17) is 0 Å². The van der Waals surface area contributed by atoms with Crippen LogP contribution in [0.4, 0.5) is 17.1 Å². The Balaban J connectivity index is 1.20. The molecule has 3 atom stereocenters. The first kappa shape index (κ1) is 29.7.